The maximum Gasteiger partial charge on any atom is 0.281 e. The van der Waals surface area contributed by atoms with Crippen molar-refractivity contribution in [1.82, 2.24) is 0 Å². The summed E-state index contributed by atoms with van der Waals surface area (Å²) in [7, 11) is 0. The third kappa shape index (κ3) is 19.2. The number of aldehydes is 1. The SMILES string of the molecule is [OH+]=CCCCCCCCCCCCCCCCCCCCCCCCCOCCOc1ccc2ccccc2c1. The quantitative estimate of drug-likeness (QED) is 0.0571. The fourth-order valence-corrected chi connectivity index (χ4v) is 5.55. The molecule has 40 heavy (non-hydrogen) atoms. The van der Waals surface area contributed by atoms with E-state index in [0.717, 1.165) is 25.2 Å². The van der Waals surface area contributed by atoms with Crippen molar-refractivity contribution in [3.8, 4) is 5.75 Å². The Morgan fingerprint density at radius 3 is 1.40 bits per heavy atom. The van der Waals surface area contributed by atoms with Gasteiger partial charge < -0.3 is 9.47 Å². The Bertz CT molecular complexity index is 833. The Hall–Kier alpha value is -1.87. The zero-order valence-electron chi connectivity index (χ0n) is 25.8. The maximum absolute atomic E-state index is 8.66. The van der Waals surface area contributed by atoms with Gasteiger partial charge in [-0.2, -0.15) is 0 Å². The van der Waals surface area contributed by atoms with Crippen molar-refractivity contribution in [2.75, 3.05) is 19.8 Å². The van der Waals surface area contributed by atoms with Crippen LogP contribution in [0.15, 0.2) is 42.5 Å². The molecule has 0 aromatic heterocycles. The van der Waals surface area contributed by atoms with E-state index in [2.05, 4.69) is 36.4 Å². The normalized spacial score (nSPS) is 11.3. The van der Waals surface area contributed by atoms with Gasteiger partial charge in [0.15, 0.2) is 0 Å². The molecule has 2 aromatic carbocycles. The number of hydrogen-bond donors (Lipinski definition) is 0. The first-order valence-electron chi connectivity index (χ1n) is 17.1. The van der Waals surface area contributed by atoms with Crippen molar-refractivity contribution in [3.63, 3.8) is 0 Å². The van der Waals surface area contributed by atoms with E-state index >= 15 is 0 Å². The predicted octanol–water partition coefficient (Wildman–Crippen LogP) is 11.4. The number of unbranched alkanes of at least 4 members (excludes halogenated alkanes) is 22. The molecular formula is C37H61O3+. The van der Waals surface area contributed by atoms with Crippen LogP contribution in [0.5, 0.6) is 5.75 Å². The van der Waals surface area contributed by atoms with Crippen LogP contribution in [-0.4, -0.2) is 30.9 Å². The summed E-state index contributed by atoms with van der Waals surface area (Å²) in [5, 5.41) is 2.47. The Morgan fingerprint density at radius 2 is 0.900 bits per heavy atom. The first-order valence-corrected chi connectivity index (χ1v) is 17.1. The van der Waals surface area contributed by atoms with Gasteiger partial charge in [0.1, 0.15) is 12.4 Å². The van der Waals surface area contributed by atoms with Crippen LogP contribution in [-0.2, 0) is 4.74 Å². The summed E-state index contributed by atoms with van der Waals surface area (Å²) in [6.07, 6.45) is 32.6. The molecule has 0 saturated carbocycles. The highest BCUT2D eigenvalue weighted by molar-refractivity contribution is 5.83. The first kappa shape index (κ1) is 34.3. The standard InChI is InChI=1S/C37H60O3/c38-30-24-20-18-16-14-12-10-8-6-4-2-1-3-5-7-9-11-13-15-17-19-21-25-31-39-32-33-40-37-29-28-35-26-22-23-27-36(35)34-37/h22-23,26-30,34H,1-21,24-25,31-33H2/p+1. The van der Waals surface area contributed by atoms with Gasteiger partial charge in [0.2, 0.25) is 0 Å². The molecule has 0 aliphatic carbocycles. The van der Waals surface area contributed by atoms with Gasteiger partial charge in [-0.25, -0.2) is 0 Å². The van der Waals surface area contributed by atoms with Crippen molar-refractivity contribution in [2.45, 2.75) is 148 Å². The molecule has 2 aromatic rings. The van der Waals surface area contributed by atoms with Crippen molar-refractivity contribution < 1.29 is 14.3 Å². The second-order valence-corrected chi connectivity index (χ2v) is 11.7. The summed E-state index contributed by atoms with van der Waals surface area (Å²) in [6.45, 7) is 2.14. The van der Waals surface area contributed by atoms with E-state index in [9.17, 15) is 0 Å². The number of hydrogen-bond acceptors (Lipinski definition) is 2. The first-order chi connectivity index (χ1) is 19.9. The Balaban J connectivity index is 1.20. The molecule has 0 amide bonds. The number of benzene rings is 2. The monoisotopic (exact) mass is 553 g/mol. The van der Waals surface area contributed by atoms with Crippen LogP contribution >= 0.6 is 0 Å². The molecule has 0 radical (unpaired) electrons. The van der Waals surface area contributed by atoms with E-state index in [1.165, 1.54) is 152 Å². The van der Waals surface area contributed by atoms with Crippen LogP contribution in [0.3, 0.4) is 0 Å². The van der Waals surface area contributed by atoms with Gasteiger partial charge in [-0.05, 0) is 35.7 Å². The molecule has 0 saturated heterocycles. The highest BCUT2D eigenvalue weighted by atomic mass is 16.5. The fourth-order valence-electron chi connectivity index (χ4n) is 5.55. The van der Waals surface area contributed by atoms with Crippen LogP contribution in [0.4, 0.5) is 0 Å². The summed E-state index contributed by atoms with van der Waals surface area (Å²) < 4.78 is 11.6. The molecule has 1 N–H and O–H groups in total. The average Bonchev–Trinajstić information content (AvgIpc) is 2.98. The number of ether oxygens (including phenoxy) is 2. The van der Waals surface area contributed by atoms with Gasteiger partial charge in [-0.1, -0.05) is 159 Å². The van der Waals surface area contributed by atoms with E-state index in [4.69, 9.17) is 14.3 Å². The number of fused-ring (bicyclic) bond motifs is 1. The maximum atomic E-state index is 8.66. The molecule has 0 unspecified atom stereocenters. The minimum Gasteiger partial charge on any atom is -0.491 e. The fraction of sp³-hybridized carbons (Fsp3) is 0.703. The minimum absolute atomic E-state index is 0.617. The molecule has 0 fully saturated rings. The van der Waals surface area contributed by atoms with Crippen LogP contribution in [0.25, 0.3) is 10.8 Å². The van der Waals surface area contributed by atoms with Crippen LogP contribution in [0.1, 0.15) is 148 Å². The lowest BCUT2D eigenvalue weighted by Crippen LogP contribution is -2.07. The van der Waals surface area contributed by atoms with E-state index in [1.54, 1.807) is 0 Å². The second-order valence-electron chi connectivity index (χ2n) is 11.7. The van der Waals surface area contributed by atoms with Gasteiger partial charge in [-0.15, -0.1) is 0 Å². The van der Waals surface area contributed by atoms with Crippen LogP contribution in [0.2, 0.25) is 0 Å². The van der Waals surface area contributed by atoms with Gasteiger partial charge in [0.05, 0.1) is 13.0 Å². The summed E-state index contributed by atoms with van der Waals surface area (Å²) in [4.78, 5) is 8.66. The number of carbonyl (C=O) groups excluding carboxylic acids is 1. The molecule has 3 heteroatoms. The summed E-state index contributed by atoms with van der Waals surface area (Å²) in [5.74, 6) is 0.923. The molecule has 0 aliphatic heterocycles. The molecule has 0 heterocycles. The Kier molecular flexibility index (Phi) is 22.4. The highest BCUT2D eigenvalue weighted by Crippen LogP contribution is 2.20. The van der Waals surface area contributed by atoms with Gasteiger partial charge in [-0.3, -0.25) is 4.79 Å². The zero-order valence-corrected chi connectivity index (χ0v) is 25.8. The Labute approximate surface area is 246 Å². The largest absolute Gasteiger partial charge is 0.491 e. The lowest BCUT2D eigenvalue weighted by Gasteiger charge is -2.08. The molecule has 0 atom stereocenters. The summed E-state index contributed by atoms with van der Waals surface area (Å²) in [5.41, 5.74) is 0. The third-order valence-electron chi connectivity index (χ3n) is 8.09. The zero-order chi connectivity index (χ0) is 28.2. The molecule has 0 spiro atoms. The average molecular weight is 554 g/mol. The van der Waals surface area contributed by atoms with Crippen LogP contribution < -0.4 is 4.74 Å². The van der Waals surface area contributed by atoms with E-state index in [-0.39, 0.29) is 0 Å². The Morgan fingerprint density at radius 1 is 0.450 bits per heavy atom. The topological polar surface area (TPSA) is 39.9 Å². The lowest BCUT2D eigenvalue weighted by atomic mass is 10.0. The van der Waals surface area contributed by atoms with Crippen LogP contribution in [0, 0.1) is 0 Å². The molecule has 0 bridgehead atoms. The van der Waals surface area contributed by atoms with E-state index < -0.39 is 0 Å². The van der Waals surface area contributed by atoms with Crippen molar-refractivity contribution in [2.24, 2.45) is 0 Å². The second kappa shape index (κ2) is 26.1. The molecule has 226 valence electrons. The molecule has 3 nitrogen and oxygen atoms in total. The van der Waals surface area contributed by atoms with E-state index in [1.807, 2.05) is 6.07 Å². The molecule has 2 rings (SSSR count). The minimum atomic E-state index is 0.617. The predicted molar refractivity (Wildman–Crippen MR) is 174 cm³/mol. The van der Waals surface area contributed by atoms with Crippen molar-refractivity contribution in [3.05, 3.63) is 42.5 Å². The lowest BCUT2D eigenvalue weighted by molar-refractivity contribution is 0.0971. The van der Waals surface area contributed by atoms with Gasteiger partial charge in [0.25, 0.3) is 6.29 Å². The van der Waals surface area contributed by atoms with Gasteiger partial charge in [0, 0.05) is 6.61 Å². The number of rotatable bonds is 29. The molecular weight excluding hydrogens is 492 g/mol. The van der Waals surface area contributed by atoms with Crippen molar-refractivity contribution in [1.29, 1.82) is 0 Å². The highest BCUT2D eigenvalue weighted by Gasteiger charge is 1.99. The third-order valence-corrected chi connectivity index (χ3v) is 8.09. The van der Waals surface area contributed by atoms with E-state index in [0.29, 0.717) is 13.2 Å². The summed E-state index contributed by atoms with van der Waals surface area (Å²) >= 11 is 0. The van der Waals surface area contributed by atoms with Gasteiger partial charge >= 0.3 is 0 Å². The van der Waals surface area contributed by atoms with Crippen molar-refractivity contribution >= 4 is 17.1 Å². The smallest absolute Gasteiger partial charge is 0.281 e. The summed E-state index contributed by atoms with van der Waals surface area (Å²) in [6, 6.07) is 14.6. The molecule has 0 aliphatic rings.